The zero-order valence-corrected chi connectivity index (χ0v) is 12.2. The molecule has 2 nitrogen and oxygen atoms in total. The first-order chi connectivity index (χ1) is 10.4. The van der Waals surface area contributed by atoms with Gasteiger partial charge in [-0.1, -0.05) is 30.4 Å². The molecular formula is C16H12F3NOS. The predicted octanol–water partition coefficient (Wildman–Crippen LogP) is 3.82. The number of alkyl halides is 3. The van der Waals surface area contributed by atoms with Crippen LogP contribution < -0.4 is 4.90 Å². The fourth-order valence-corrected chi connectivity index (χ4v) is 4.49. The Hall–Kier alpha value is -1.69. The Morgan fingerprint density at radius 2 is 1.82 bits per heavy atom. The van der Waals surface area contributed by atoms with E-state index in [9.17, 15) is 18.0 Å². The number of halogens is 3. The lowest BCUT2D eigenvalue weighted by Crippen LogP contribution is -2.32. The fourth-order valence-electron chi connectivity index (χ4n) is 3.98. The van der Waals surface area contributed by atoms with Crippen molar-refractivity contribution in [3.63, 3.8) is 0 Å². The minimum atomic E-state index is -4.43. The number of hydrogen-bond acceptors (Lipinski definition) is 2. The molecule has 0 N–H and O–H groups in total. The second kappa shape index (κ2) is 4.41. The molecule has 4 atom stereocenters. The lowest BCUT2D eigenvalue weighted by molar-refractivity contribution is -0.137. The van der Waals surface area contributed by atoms with Crippen molar-refractivity contribution < 1.29 is 18.0 Å². The van der Waals surface area contributed by atoms with Gasteiger partial charge in [-0.3, -0.25) is 9.69 Å². The van der Waals surface area contributed by atoms with Gasteiger partial charge < -0.3 is 0 Å². The van der Waals surface area contributed by atoms with E-state index in [-0.39, 0.29) is 35.3 Å². The van der Waals surface area contributed by atoms with Gasteiger partial charge in [-0.25, -0.2) is 0 Å². The van der Waals surface area contributed by atoms with Crippen LogP contribution >= 0.6 is 12.2 Å². The number of anilines is 1. The van der Waals surface area contributed by atoms with E-state index >= 15 is 0 Å². The molecule has 1 aromatic carbocycles. The van der Waals surface area contributed by atoms with E-state index in [0.717, 1.165) is 18.6 Å². The average molecular weight is 323 g/mol. The molecule has 3 aliphatic rings. The molecule has 4 rings (SSSR count). The summed E-state index contributed by atoms with van der Waals surface area (Å²) in [4.78, 5) is 14.4. The Balaban J connectivity index is 1.73. The third-order valence-corrected chi connectivity index (χ3v) is 5.36. The molecule has 1 saturated heterocycles. The van der Waals surface area contributed by atoms with Gasteiger partial charge in [0.15, 0.2) is 0 Å². The molecule has 2 fully saturated rings. The smallest absolute Gasteiger partial charge is 0.274 e. The quantitative estimate of drug-likeness (QED) is 0.578. The molecule has 1 aliphatic heterocycles. The van der Waals surface area contributed by atoms with Gasteiger partial charge in [0.2, 0.25) is 5.91 Å². The van der Waals surface area contributed by atoms with Crippen molar-refractivity contribution in [2.45, 2.75) is 12.6 Å². The average Bonchev–Trinajstić information content (AvgIpc) is 3.12. The molecule has 1 amide bonds. The van der Waals surface area contributed by atoms with Gasteiger partial charge in [-0.15, -0.1) is 0 Å². The molecule has 0 radical (unpaired) electrons. The first-order valence-corrected chi connectivity index (χ1v) is 7.52. The van der Waals surface area contributed by atoms with Gasteiger partial charge in [-0.2, -0.15) is 13.2 Å². The van der Waals surface area contributed by atoms with E-state index in [1.807, 2.05) is 6.08 Å². The van der Waals surface area contributed by atoms with E-state index in [1.165, 1.54) is 17.0 Å². The lowest BCUT2D eigenvalue weighted by Gasteiger charge is -2.20. The number of thiocarbonyl (C=S) groups is 1. The van der Waals surface area contributed by atoms with Crippen molar-refractivity contribution >= 4 is 28.8 Å². The summed E-state index contributed by atoms with van der Waals surface area (Å²) in [6.07, 6.45) is 0.623. The molecule has 1 saturated carbocycles. The summed E-state index contributed by atoms with van der Waals surface area (Å²) in [6.45, 7) is 0. The highest BCUT2D eigenvalue weighted by molar-refractivity contribution is 7.80. The van der Waals surface area contributed by atoms with Crippen molar-refractivity contribution in [1.29, 1.82) is 0 Å². The van der Waals surface area contributed by atoms with E-state index in [4.69, 9.17) is 12.2 Å². The molecule has 22 heavy (non-hydrogen) atoms. The summed E-state index contributed by atoms with van der Waals surface area (Å²) in [5.41, 5.74) is -0.544. The van der Waals surface area contributed by atoms with Gasteiger partial charge in [0.05, 0.1) is 22.2 Å². The van der Waals surface area contributed by atoms with E-state index in [0.29, 0.717) is 4.99 Å². The maximum atomic E-state index is 12.9. The normalized spacial score (nSPS) is 33.0. The first kappa shape index (κ1) is 13.9. The van der Waals surface area contributed by atoms with Crippen LogP contribution in [0.1, 0.15) is 12.0 Å². The molecule has 1 aromatic rings. The highest BCUT2D eigenvalue weighted by Crippen LogP contribution is 2.53. The fraction of sp³-hybridized carbons (Fsp3) is 0.375. The van der Waals surface area contributed by atoms with Crippen molar-refractivity contribution in [3.8, 4) is 0 Å². The van der Waals surface area contributed by atoms with Gasteiger partial charge in [-0.05, 0) is 36.5 Å². The molecule has 0 unspecified atom stereocenters. The zero-order valence-electron chi connectivity index (χ0n) is 11.4. The number of nitrogens with zero attached hydrogens (tertiary/aromatic N) is 1. The number of rotatable bonds is 1. The Morgan fingerprint density at radius 1 is 1.14 bits per heavy atom. The summed E-state index contributed by atoms with van der Waals surface area (Å²) in [6, 6.07) is 4.82. The topological polar surface area (TPSA) is 20.3 Å². The lowest BCUT2D eigenvalue weighted by atomic mass is 9.86. The van der Waals surface area contributed by atoms with Gasteiger partial charge in [0.1, 0.15) is 0 Å². The minimum Gasteiger partial charge on any atom is -0.274 e. The standard InChI is InChI=1S/C16H12F3NOS/c17-16(18,19)10-2-1-3-11(7-10)20-14(21)12-8-4-5-9(6-8)13(12)15(20)22/h1-5,7-9,12-13H,6H2/t8-,9+,12-,13+/m0/s1. The van der Waals surface area contributed by atoms with Crippen LogP contribution in [0.15, 0.2) is 36.4 Å². The largest absolute Gasteiger partial charge is 0.416 e. The number of benzene rings is 1. The summed E-state index contributed by atoms with van der Waals surface area (Å²) < 4.78 is 38.6. The number of amides is 1. The van der Waals surface area contributed by atoms with Crippen LogP contribution in [-0.2, 0) is 11.0 Å². The van der Waals surface area contributed by atoms with Crippen molar-refractivity contribution in [2.24, 2.45) is 23.7 Å². The van der Waals surface area contributed by atoms with E-state index in [2.05, 4.69) is 6.08 Å². The Morgan fingerprint density at radius 3 is 2.45 bits per heavy atom. The van der Waals surface area contributed by atoms with Gasteiger partial charge >= 0.3 is 6.18 Å². The number of allylic oxidation sites excluding steroid dienone is 2. The third-order valence-electron chi connectivity index (χ3n) is 4.90. The Labute approximate surface area is 130 Å². The Kier molecular flexibility index (Phi) is 2.79. The SMILES string of the molecule is O=C1[C@@H]2[C@H](C(=S)N1c1cccc(C(F)(F)F)c1)[C@@H]1C=C[C@H]2C1. The number of hydrogen-bond donors (Lipinski definition) is 0. The summed E-state index contributed by atoms with van der Waals surface area (Å²) in [7, 11) is 0. The molecule has 114 valence electrons. The monoisotopic (exact) mass is 323 g/mol. The van der Waals surface area contributed by atoms with Crippen molar-refractivity contribution in [1.82, 2.24) is 0 Å². The van der Waals surface area contributed by atoms with Gasteiger partial charge in [0.25, 0.3) is 0 Å². The molecule has 6 heteroatoms. The predicted molar refractivity (Wildman–Crippen MR) is 79.2 cm³/mol. The number of fused-ring (bicyclic) bond motifs is 5. The van der Waals surface area contributed by atoms with Crippen molar-refractivity contribution in [2.75, 3.05) is 4.90 Å². The van der Waals surface area contributed by atoms with Gasteiger partial charge in [0, 0.05) is 5.92 Å². The zero-order chi connectivity index (χ0) is 15.6. The molecule has 2 bridgehead atoms. The van der Waals surface area contributed by atoms with E-state index in [1.54, 1.807) is 0 Å². The minimum absolute atomic E-state index is 0.0351. The molecule has 0 aromatic heterocycles. The maximum absolute atomic E-state index is 12.9. The summed E-state index contributed by atoms with van der Waals surface area (Å²) in [5.74, 6) is 0.0359. The number of carbonyl (C=O) groups excluding carboxylic acids is 1. The van der Waals surface area contributed by atoms with Crippen LogP contribution in [0, 0.1) is 23.7 Å². The Bertz CT molecular complexity index is 682. The summed E-state index contributed by atoms with van der Waals surface area (Å²) >= 11 is 5.43. The van der Waals surface area contributed by atoms with Crippen LogP contribution in [0.2, 0.25) is 0 Å². The summed E-state index contributed by atoms with van der Waals surface area (Å²) in [5, 5.41) is 0. The first-order valence-electron chi connectivity index (χ1n) is 7.11. The highest BCUT2D eigenvalue weighted by atomic mass is 32.1. The molecule has 0 spiro atoms. The molecule has 1 heterocycles. The van der Waals surface area contributed by atoms with Crippen LogP contribution in [0.3, 0.4) is 0 Å². The van der Waals surface area contributed by atoms with Crippen molar-refractivity contribution in [3.05, 3.63) is 42.0 Å². The van der Waals surface area contributed by atoms with Crippen LogP contribution in [0.5, 0.6) is 0 Å². The van der Waals surface area contributed by atoms with Crippen LogP contribution in [-0.4, -0.2) is 10.9 Å². The third kappa shape index (κ3) is 1.79. The highest BCUT2D eigenvalue weighted by Gasteiger charge is 2.57. The number of carbonyl (C=O) groups is 1. The second-order valence-corrected chi connectivity index (χ2v) is 6.48. The van der Waals surface area contributed by atoms with E-state index < -0.39 is 11.7 Å². The molecule has 2 aliphatic carbocycles. The van der Waals surface area contributed by atoms with Crippen LogP contribution in [0.25, 0.3) is 0 Å². The van der Waals surface area contributed by atoms with Crippen LogP contribution in [0.4, 0.5) is 18.9 Å². The second-order valence-electron chi connectivity index (χ2n) is 6.06. The molecular weight excluding hydrogens is 311 g/mol. The maximum Gasteiger partial charge on any atom is 0.416 e.